The van der Waals surface area contributed by atoms with E-state index < -0.39 is 12.1 Å². The Bertz CT molecular complexity index is 860. The molecule has 1 fully saturated rings. The van der Waals surface area contributed by atoms with Crippen LogP contribution in [0.2, 0.25) is 0 Å². The van der Waals surface area contributed by atoms with E-state index in [9.17, 15) is 5.11 Å². The third kappa shape index (κ3) is 2.16. The number of aliphatic hydroxyl groups excluding tert-OH is 1. The number of azide groups is 1. The number of fused-ring (bicyclic) bond motifs is 3. The lowest BCUT2D eigenvalue weighted by Gasteiger charge is -2.34. The third-order valence-electron chi connectivity index (χ3n) is 4.51. The van der Waals surface area contributed by atoms with E-state index in [2.05, 4.69) is 26.7 Å². The number of rotatable bonds is 2. The number of hydrogen-bond acceptors (Lipinski definition) is 3. The molecule has 3 aromatic rings. The minimum Gasteiger partial charge on any atom is -0.390 e. The normalized spacial score (nSPS) is 24.7. The molecule has 6 heteroatoms. The Kier molecular flexibility index (Phi) is 3.42. The number of benzene rings is 2. The van der Waals surface area contributed by atoms with Crippen molar-refractivity contribution in [2.75, 3.05) is 13.2 Å². The highest BCUT2D eigenvalue weighted by Gasteiger charge is 2.34. The minimum atomic E-state index is -0.779. The molecule has 0 radical (unpaired) electrons. The first kappa shape index (κ1) is 14.1. The predicted octanol–water partition coefficient (Wildman–Crippen LogP) is 3.41. The average molecular weight is 308 g/mol. The first-order chi connectivity index (χ1) is 11.3. The molecule has 1 saturated heterocycles. The van der Waals surface area contributed by atoms with Crippen LogP contribution in [0.5, 0.6) is 0 Å². The lowest BCUT2D eigenvalue weighted by Crippen LogP contribution is -2.43. The summed E-state index contributed by atoms with van der Waals surface area (Å²) < 4.78 is 7.70. The molecule has 1 aliphatic rings. The molecular formula is C17H16N4O2. The van der Waals surface area contributed by atoms with Crippen LogP contribution in [0.3, 0.4) is 0 Å². The highest BCUT2D eigenvalue weighted by Crippen LogP contribution is 2.35. The Morgan fingerprint density at radius 3 is 2.26 bits per heavy atom. The van der Waals surface area contributed by atoms with Gasteiger partial charge in [0.25, 0.3) is 0 Å². The van der Waals surface area contributed by atoms with Gasteiger partial charge < -0.3 is 14.4 Å². The van der Waals surface area contributed by atoms with Crippen molar-refractivity contribution >= 4 is 21.8 Å². The molecule has 0 amide bonds. The summed E-state index contributed by atoms with van der Waals surface area (Å²) in [5.41, 5.74) is 10.8. The summed E-state index contributed by atoms with van der Waals surface area (Å²) in [5.74, 6) is 0. The largest absolute Gasteiger partial charge is 0.390 e. The monoisotopic (exact) mass is 308 g/mol. The second-order valence-corrected chi connectivity index (χ2v) is 5.77. The maximum Gasteiger partial charge on any atom is 0.0888 e. The second kappa shape index (κ2) is 5.59. The summed E-state index contributed by atoms with van der Waals surface area (Å²) >= 11 is 0. The first-order valence-electron chi connectivity index (χ1n) is 7.59. The van der Waals surface area contributed by atoms with Gasteiger partial charge >= 0.3 is 0 Å². The van der Waals surface area contributed by atoms with Gasteiger partial charge in [-0.25, -0.2) is 0 Å². The Balaban J connectivity index is 1.94. The molecule has 3 atom stereocenters. The van der Waals surface area contributed by atoms with E-state index in [0.29, 0.717) is 6.61 Å². The van der Waals surface area contributed by atoms with Gasteiger partial charge in [0.1, 0.15) is 0 Å². The number of hydrogen-bond donors (Lipinski definition) is 1. The van der Waals surface area contributed by atoms with Crippen LogP contribution in [0.15, 0.2) is 53.6 Å². The van der Waals surface area contributed by atoms with Crippen LogP contribution in [-0.4, -0.2) is 35.0 Å². The number of ether oxygens (including phenoxy) is 1. The molecule has 4 rings (SSSR count). The highest BCUT2D eigenvalue weighted by atomic mass is 16.5. The summed E-state index contributed by atoms with van der Waals surface area (Å²) in [6, 6.07) is 15.4. The molecule has 2 aromatic carbocycles. The topological polar surface area (TPSA) is 83.2 Å². The maximum atomic E-state index is 10.7. The van der Waals surface area contributed by atoms with Crippen molar-refractivity contribution in [3.8, 4) is 0 Å². The van der Waals surface area contributed by atoms with Gasteiger partial charge in [0, 0.05) is 26.7 Å². The summed E-state index contributed by atoms with van der Waals surface area (Å²) in [6.07, 6.45) is -0.779. The molecule has 23 heavy (non-hydrogen) atoms. The van der Waals surface area contributed by atoms with Crippen molar-refractivity contribution in [1.29, 1.82) is 0 Å². The lowest BCUT2D eigenvalue weighted by molar-refractivity contribution is -0.0413. The Hall–Kier alpha value is -2.53. The van der Waals surface area contributed by atoms with Crippen LogP contribution in [0, 0.1) is 0 Å². The quantitative estimate of drug-likeness (QED) is 0.447. The van der Waals surface area contributed by atoms with E-state index in [1.165, 1.54) is 0 Å². The SMILES string of the molecule is [N-]=[N+]=NC1COC[C@H](n2c3ccccc3c3ccccc32)[C@H]1O. The Morgan fingerprint density at radius 1 is 1.04 bits per heavy atom. The lowest BCUT2D eigenvalue weighted by atomic mass is 10.0. The zero-order chi connectivity index (χ0) is 15.8. The zero-order valence-electron chi connectivity index (χ0n) is 12.4. The van der Waals surface area contributed by atoms with Gasteiger partial charge in [0.15, 0.2) is 0 Å². The van der Waals surface area contributed by atoms with Gasteiger partial charge in [0.05, 0.1) is 31.4 Å². The molecule has 116 valence electrons. The fourth-order valence-corrected chi connectivity index (χ4v) is 3.47. The smallest absolute Gasteiger partial charge is 0.0888 e. The first-order valence-corrected chi connectivity index (χ1v) is 7.59. The zero-order valence-corrected chi connectivity index (χ0v) is 12.4. The van der Waals surface area contributed by atoms with Crippen LogP contribution in [-0.2, 0) is 4.74 Å². The van der Waals surface area contributed by atoms with E-state index in [1.54, 1.807) is 0 Å². The van der Waals surface area contributed by atoms with Crippen LogP contribution >= 0.6 is 0 Å². The van der Waals surface area contributed by atoms with Crippen molar-refractivity contribution in [3.63, 3.8) is 0 Å². The summed E-state index contributed by atoms with van der Waals surface area (Å²) in [6.45, 7) is 0.639. The standard InChI is InChI=1S/C17H16N4O2/c18-20-19-13-9-23-10-16(17(13)22)21-14-7-3-1-5-11(14)12-6-2-4-8-15(12)21/h1-8,13,16-17,22H,9-10H2/t13?,16-,17-/m0/s1. The van der Waals surface area contributed by atoms with Crippen LogP contribution in [0.4, 0.5) is 0 Å². The molecule has 1 N–H and O–H groups in total. The summed E-state index contributed by atoms with van der Waals surface area (Å²) in [7, 11) is 0. The van der Waals surface area contributed by atoms with Gasteiger partial charge in [0.2, 0.25) is 0 Å². The number of aromatic nitrogens is 1. The van der Waals surface area contributed by atoms with E-state index >= 15 is 0 Å². The molecule has 1 unspecified atom stereocenters. The average Bonchev–Trinajstić information content (AvgIpc) is 2.92. The van der Waals surface area contributed by atoms with Gasteiger partial charge in [-0.3, -0.25) is 0 Å². The minimum absolute atomic E-state index is 0.249. The molecule has 0 aliphatic carbocycles. The van der Waals surface area contributed by atoms with Crippen LogP contribution in [0.1, 0.15) is 6.04 Å². The predicted molar refractivity (Wildman–Crippen MR) is 88.2 cm³/mol. The van der Waals surface area contributed by atoms with Crippen LogP contribution < -0.4 is 0 Å². The number of nitrogens with zero attached hydrogens (tertiary/aromatic N) is 4. The van der Waals surface area contributed by atoms with E-state index in [-0.39, 0.29) is 12.6 Å². The van der Waals surface area contributed by atoms with Gasteiger partial charge in [-0.15, -0.1) is 0 Å². The van der Waals surface area contributed by atoms with E-state index in [0.717, 1.165) is 21.8 Å². The van der Waals surface area contributed by atoms with Crippen molar-refractivity contribution in [2.24, 2.45) is 5.11 Å². The Labute approximate surface area is 132 Å². The number of para-hydroxylation sites is 2. The highest BCUT2D eigenvalue weighted by molar-refractivity contribution is 6.08. The molecule has 2 heterocycles. The van der Waals surface area contributed by atoms with Crippen molar-refractivity contribution in [2.45, 2.75) is 18.2 Å². The van der Waals surface area contributed by atoms with Gasteiger partial charge in [-0.05, 0) is 17.7 Å². The van der Waals surface area contributed by atoms with E-state index in [4.69, 9.17) is 10.3 Å². The Morgan fingerprint density at radius 2 is 1.65 bits per heavy atom. The fraction of sp³-hybridized carbons (Fsp3) is 0.294. The second-order valence-electron chi connectivity index (χ2n) is 5.77. The molecule has 6 nitrogen and oxygen atoms in total. The third-order valence-corrected chi connectivity index (χ3v) is 4.51. The van der Waals surface area contributed by atoms with E-state index in [1.807, 2.05) is 36.4 Å². The summed E-state index contributed by atoms with van der Waals surface area (Å²) in [4.78, 5) is 2.83. The molecule has 1 aromatic heterocycles. The van der Waals surface area contributed by atoms with Crippen molar-refractivity contribution in [3.05, 3.63) is 59.0 Å². The molecular weight excluding hydrogens is 292 g/mol. The van der Waals surface area contributed by atoms with Crippen LogP contribution in [0.25, 0.3) is 32.2 Å². The van der Waals surface area contributed by atoms with Crippen molar-refractivity contribution in [1.82, 2.24) is 4.57 Å². The molecule has 1 aliphatic heterocycles. The summed E-state index contributed by atoms with van der Waals surface area (Å²) in [5, 5.41) is 16.6. The molecule has 0 spiro atoms. The molecule has 0 saturated carbocycles. The van der Waals surface area contributed by atoms with Gasteiger partial charge in [-0.2, -0.15) is 0 Å². The fourth-order valence-electron chi connectivity index (χ4n) is 3.47. The maximum absolute atomic E-state index is 10.7. The van der Waals surface area contributed by atoms with Gasteiger partial charge in [-0.1, -0.05) is 41.5 Å². The molecule has 0 bridgehead atoms. The van der Waals surface area contributed by atoms with Crippen molar-refractivity contribution < 1.29 is 9.84 Å². The number of aliphatic hydroxyl groups is 1.